The van der Waals surface area contributed by atoms with Gasteiger partial charge >= 0.3 is 52.9 Å². The third-order valence-corrected chi connectivity index (χ3v) is 2.83. The van der Waals surface area contributed by atoms with Gasteiger partial charge in [0.15, 0.2) is 0 Å². The number of nitrogens with one attached hydrogen (secondary N) is 1. The van der Waals surface area contributed by atoms with Crippen LogP contribution in [0.25, 0.3) is 0 Å². The Morgan fingerprint density at radius 2 is 2.00 bits per heavy atom. The average molecular weight is 322 g/mol. The molecule has 1 heterocycles. The third-order valence-electron chi connectivity index (χ3n) is 1.06. The minimum atomic E-state index is 0. The van der Waals surface area contributed by atoms with Crippen molar-refractivity contribution >= 4 is 24.8 Å². The molecule has 0 saturated carbocycles. The van der Waals surface area contributed by atoms with Crippen LogP contribution in [0.1, 0.15) is 12.8 Å². The van der Waals surface area contributed by atoms with E-state index in [1.807, 2.05) is 0 Å². The summed E-state index contributed by atoms with van der Waals surface area (Å²) in [5.74, 6) is 0. The van der Waals surface area contributed by atoms with Crippen molar-refractivity contribution in [2.75, 3.05) is 6.54 Å². The molecule has 1 N–H and O–H groups in total. The van der Waals surface area contributed by atoms with E-state index in [4.69, 9.17) is 0 Å². The first kappa shape index (κ1) is 12.1. The van der Waals surface area contributed by atoms with E-state index in [0.29, 0.717) is 0 Å². The fourth-order valence-corrected chi connectivity index (χ4v) is 1.94. The molecule has 49 valence electrons. The van der Waals surface area contributed by atoms with Crippen molar-refractivity contribution in [3.8, 4) is 0 Å². The van der Waals surface area contributed by atoms with E-state index in [-0.39, 0.29) is 24.8 Å². The van der Waals surface area contributed by atoms with Crippen molar-refractivity contribution in [3.63, 3.8) is 0 Å². The molecule has 0 aliphatic carbocycles. The van der Waals surface area contributed by atoms with Gasteiger partial charge < -0.3 is 0 Å². The molecular weight excluding hydrogens is 311 g/mol. The molecule has 4 heteroatoms. The molecule has 1 saturated heterocycles. The van der Waals surface area contributed by atoms with Crippen LogP contribution in [-0.2, 0) is 24.4 Å². The summed E-state index contributed by atoms with van der Waals surface area (Å²) >= 11 is 1.34. The second kappa shape index (κ2) is 6.53. The van der Waals surface area contributed by atoms with E-state index in [2.05, 4.69) is 5.32 Å². The molecule has 0 aromatic heterocycles. The van der Waals surface area contributed by atoms with Gasteiger partial charge in [-0.25, -0.2) is 0 Å². The second-order valence-corrected chi connectivity index (χ2v) is 4.15. The summed E-state index contributed by atoms with van der Waals surface area (Å²) in [6.07, 6.45) is 2.85. The Kier molecular flexibility index (Phi) is 9.89. The summed E-state index contributed by atoms with van der Waals surface area (Å²) in [5.41, 5.74) is 0. The molecule has 1 unspecified atom stereocenters. The van der Waals surface area contributed by atoms with Crippen molar-refractivity contribution < 1.29 is 24.4 Å². The standard InChI is InChI=1S/C4H8N.2ClH.Hf/c1-2-4-5-3-1;;;/h3,5H,1-2,4H2;2*1H;. The Morgan fingerprint density at radius 1 is 1.38 bits per heavy atom. The Morgan fingerprint density at radius 3 is 2.12 bits per heavy atom. The van der Waals surface area contributed by atoms with E-state index in [0.717, 1.165) is 3.80 Å². The number of halogens is 2. The summed E-state index contributed by atoms with van der Waals surface area (Å²) in [6, 6.07) is 0. The Hall–Kier alpha value is 1.41. The number of rotatable bonds is 0. The molecule has 1 aliphatic rings. The number of hydrogen-bond donors (Lipinski definition) is 1. The normalized spacial score (nSPS) is 25.6. The van der Waals surface area contributed by atoms with Crippen LogP contribution in [0.5, 0.6) is 0 Å². The predicted molar refractivity (Wildman–Crippen MR) is 35.5 cm³/mol. The first-order chi connectivity index (χ1) is 2.89. The van der Waals surface area contributed by atoms with Gasteiger partial charge in [0.1, 0.15) is 0 Å². The van der Waals surface area contributed by atoms with E-state index in [1.165, 1.54) is 43.8 Å². The Balaban J connectivity index is 0. The zero-order valence-corrected chi connectivity index (χ0v) is 9.74. The van der Waals surface area contributed by atoms with Crippen LogP contribution in [0.3, 0.4) is 0 Å². The Labute approximate surface area is 77.4 Å². The van der Waals surface area contributed by atoms with Crippen molar-refractivity contribution in [2.24, 2.45) is 0 Å². The molecule has 0 aromatic rings. The maximum atomic E-state index is 3.38. The summed E-state index contributed by atoms with van der Waals surface area (Å²) in [4.78, 5) is 0. The maximum absolute atomic E-state index is 3.38. The topological polar surface area (TPSA) is 12.0 Å². The molecule has 1 fully saturated rings. The zero-order valence-electron chi connectivity index (χ0n) is 4.52. The SMILES string of the molecule is Cl.Cl.[Hf][CH]1CCCN1. The van der Waals surface area contributed by atoms with E-state index < -0.39 is 0 Å². The third kappa shape index (κ3) is 4.30. The zero-order chi connectivity index (χ0) is 4.41. The van der Waals surface area contributed by atoms with Crippen LogP contribution in [0, 0.1) is 0 Å². The first-order valence-electron chi connectivity index (χ1n) is 2.34. The van der Waals surface area contributed by atoms with Crippen molar-refractivity contribution in [3.05, 3.63) is 0 Å². The van der Waals surface area contributed by atoms with Gasteiger partial charge in [-0.2, -0.15) is 0 Å². The summed E-state index contributed by atoms with van der Waals surface area (Å²) in [6.45, 7) is 1.27. The van der Waals surface area contributed by atoms with Crippen molar-refractivity contribution in [1.82, 2.24) is 5.32 Å². The first-order valence-corrected chi connectivity index (χ1v) is 4.41. The van der Waals surface area contributed by atoms with Crippen molar-refractivity contribution in [2.45, 2.75) is 16.6 Å². The van der Waals surface area contributed by atoms with Gasteiger partial charge in [0.05, 0.1) is 0 Å². The molecule has 1 rings (SSSR count). The average Bonchev–Trinajstić information content (AvgIpc) is 1.86. The molecule has 8 heavy (non-hydrogen) atoms. The summed E-state index contributed by atoms with van der Waals surface area (Å²) < 4.78 is 0.935. The van der Waals surface area contributed by atoms with Crippen LogP contribution < -0.4 is 5.32 Å². The summed E-state index contributed by atoms with van der Waals surface area (Å²) in [5, 5.41) is 3.38. The van der Waals surface area contributed by atoms with Crippen LogP contribution in [0.2, 0.25) is 0 Å². The van der Waals surface area contributed by atoms with Crippen LogP contribution in [0.4, 0.5) is 0 Å². The van der Waals surface area contributed by atoms with Crippen LogP contribution in [-0.4, -0.2) is 10.3 Å². The molecule has 0 spiro atoms. The monoisotopic (exact) mass is 322 g/mol. The second-order valence-electron chi connectivity index (χ2n) is 1.65. The van der Waals surface area contributed by atoms with E-state index in [9.17, 15) is 0 Å². The summed E-state index contributed by atoms with van der Waals surface area (Å²) in [7, 11) is 0. The molecule has 1 aliphatic heterocycles. The van der Waals surface area contributed by atoms with E-state index >= 15 is 0 Å². The van der Waals surface area contributed by atoms with Crippen LogP contribution >= 0.6 is 24.8 Å². The molecule has 0 radical (unpaired) electrons. The van der Waals surface area contributed by atoms with Gasteiger partial charge in [-0.3, -0.25) is 0 Å². The van der Waals surface area contributed by atoms with Crippen LogP contribution in [0.15, 0.2) is 0 Å². The van der Waals surface area contributed by atoms with Crippen molar-refractivity contribution in [1.29, 1.82) is 0 Å². The van der Waals surface area contributed by atoms with Gasteiger partial charge in [-0.15, -0.1) is 24.8 Å². The molecule has 1 atom stereocenters. The Bertz CT molecular complexity index is 47.3. The molecule has 1 nitrogen and oxygen atoms in total. The molecule has 0 bridgehead atoms. The predicted octanol–water partition coefficient (Wildman–Crippen LogP) is 1.09. The van der Waals surface area contributed by atoms with Gasteiger partial charge in [-0.1, -0.05) is 0 Å². The van der Waals surface area contributed by atoms with Gasteiger partial charge in [0.2, 0.25) is 0 Å². The quantitative estimate of drug-likeness (QED) is 0.659. The number of hydrogen-bond acceptors (Lipinski definition) is 1. The minimum absolute atomic E-state index is 0. The molecular formula is C4H10Cl2HfN. The van der Waals surface area contributed by atoms with Gasteiger partial charge in [-0.05, 0) is 0 Å². The van der Waals surface area contributed by atoms with E-state index in [1.54, 1.807) is 0 Å². The van der Waals surface area contributed by atoms with Gasteiger partial charge in [0.25, 0.3) is 0 Å². The molecule has 0 amide bonds. The fraction of sp³-hybridized carbons (Fsp3) is 1.00. The molecule has 0 aromatic carbocycles. The fourth-order valence-electron chi connectivity index (χ4n) is 0.685. The van der Waals surface area contributed by atoms with Gasteiger partial charge in [0, 0.05) is 0 Å².